The monoisotopic (exact) mass is 268 g/mol. The second-order valence-corrected chi connectivity index (χ2v) is 4.49. The van der Waals surface area contributed by atoms with E-state index in [4.69, 9.17) is 0 Å². The van der Waals surface area contributed by atoms with Crippen LogP contribution in [-0.4, -0.2) is 37.0 Å². The van der Waals surface area contributed by atoms with Crippen LogP contribution in [0.2, 0.25) is 0 Å². The van der Waals surface area contributed by atoms with Gasteiger partial charge in [-0.3, -0.25) is 0 Å². The smallest absolute Gasteiger partial charge is 0.370 e. The Labute approximate surface area is 102 Å². The van der Waals surface area contributed by atoms with E-state index >= 15 is 0 Å². The van der Waals surface area contributed by atoms with Crippen molar-refractivity contribution in [1.82, 2.24) is 10.3 Å². The second-order valence-electron chi connectivity index (χ2n) is 3.51. The van der Waals surface area contributed by atoms with Crippen molar-refractivity contribution >= 4 is 11.3 Å². The molecule has 1 unspecified atom stereocenters. The number of halogens is 3. The molecule has 0 saturated heterocycles. The fourth-order valence-electron chi connectivity index (χ4n) is 1.36. The molecule has 3 nitrogen and oxygen atoms in total. The molecule has 0 aliphatic heterocycles. The van der Waals surface area contributed by atoms with E-state index in [1.54, 1.807) is 6.20 Å². The van der Waals surface area contributed by atoms with Gasteiger partial charge in [0.2, 0.25) is 0 Å². The summed E-state index contributed by atoms with van der Waals surface area (Å²) in [6.07, 6.45) is -2.00. The van der Waals surface area contributed by atoms with Gasteiger partial charge in [0.1, 0.15) is 6.61 Å². The highest BCUT2D eigenvalue weighted by Crippen LogP contribution is 2.15. The summed E-state index contributed by atoms with van der Waals surface area (Å²) >= 11 is 1.49. The molecule has 0 radical (unpaired) electrons. The van der Waals surface area contributed by atoms with Gasteiger partial charge < -0.3 is 10.1 Å². The average molecular weight is 268 g/mol. The number of rotatable bonds is 7. The van der Waals surface area contributed by atoms with Gasteiger partial charge in [0.15, 0.2) is 0 Å². The zero-order valence-corrected chi connectivity index (χ0v) is 10.3. The molecule has 0 spiro atoms. The van der Waals surface area contributed by atoms with Crippen molar-refractivity contribution in [3.63, 3.8) is 0 Å². The molecule has 98 valence electrons. The number of hydrogen-bond donors (Lipinski definition) is 1. The third-order valence-corrected chi connectivity index (χ3v) is 2.78. The van der Waals surface area contributed by atoms with E-state index in [1.165, 1.54) is 11.3 Å². The Balaban J connectivity index is 2.33. The van der Waals surface area contributed by atoms with Crippen molar-refractivity contribution in [2.45, 2.75) is 25.6 Å². The summed E-state index contributed by atoms with van der Waals surface area (Å²) in [6.45, 7) is 1.42. The molecule has 17 heavy (non-hydrogen) atoms. The molecule has 0 aliphatic carbocycles. The van der Waals surface area contributed by atoms with Gasteiger partial charge in [-0.25, -0.2) is 4.98 Å². The van der Waals surface area contributed by atoms with Gasteiger partial charge in [-0.15, -0.1) is 11.3 Å². The highest BCUT2D eigenvalue weighted by atomic mass is 32.1. The molecule has 1 heterocycles. The van der Waals surface area contributed by atoms with Crippen molar-refractivity contribution in [3.05, 3.63) is 16.6 Å². The lowest BCUT2D eigenvalue weighted by atomic mass is 10.2. The Morgan fingerprint density at radius 2 is 2.29 bits per heavy atom. The van der Waals surface area contributed by atoms with Gasteiger partial charge in [-0.1, -0.05) is 6.92 Å². The SMILES string of the molecule is CCNC(COCC(F)(F)F)Cc1nccs1. The maximum absolute atomic E-state index is 11.9. The van der Waals surface area contributed by atoms with Gasteiger partial charge in [0.05, 0.1) is 11.6 Å². The normalized spacial score (nSPS) is 13.9. The molecule has 7 heteroatoms. The first kappa shape index (κ1) is 14.4. The first-order valence-electron chi connectivity index (χ1n) is 5.27. The van der Waals surface area contributed by atoms with Crippen molar-refractivity contribution in [2.75, 3.05) is 19.8 Å². The van der Waals surface area contributed by atoms with Crippen LogP contribution in [0.1, 0.15) is 11.9 Å². The number of ether oxygens (including phenoxy) is 1. The molecule has 1 rings (SSSR count). The largest absolute Gasteiger partial charge is 0.411 e. The highest BCUT2D eigenvalue weighted by Gasteiger charge is 2.27. The van der Waals surface area contributed by atoms with Crippen molar-refractivity contribution in [2.24, 2.45) is 0 Å². The number of thiazole rings is 1. The first-order valence-corrected chi connectivity index (χ1v) is 6.15. The van der Waals surface area contributed by atoms with E-state index in [0.29, 0.717) is 13.0 Å². The lowest BCUT2D eigenvalue weighted by Crippen LogP contribution is -2.36. The van der Waals surface area contributed by atoms with Crippen molar-refractivity contribution in [3.8, 4) is 0 Å². The van der Waals surface area contributed by atoms with Crippen LogP contribution in [-0.2, 0) is 11.2 Å². The van der Waals surface area contributed by atoms with E-state index in [9.17, 15) is 13.2 Å². The standard InChI is InChI=1S/C10H15F3N2OS/c1-2-14-8(5-9-15-3-4-17-9)6-16-7-10(11,12)13/h3-4,8,14H,2,5-7H2,1H3. The van der Waals surface area contributed by atoms with E-state index in [1.807, 2.05) is 12.3 Å². The molecular weight excluding hydrogens is 253 g/mol. The maximum Gasteiger partial charge on any atom is 0.411 e. The minimum atomic E-state index is -4.27. The number of nitrogens with zero attached hydrogens (tertiary/aromatic N) is 1. The van der Waals surface area contributed by atoms with E-state index < -0.39 is 12.8 Å². The first-order chi connectivity index (χ1) is 8.01. The van der Waals surface area contributed by atoms with Gasteiger partial charge >= 0.3 is 6.18 Å². The highest BCUT2D eigenvalue weighted by molar-refractivity contribution is 7.09. The predicted molar refractivity (Wildman–Crippen MR) is 60.2 cm³/mol. The van der Waals surface area contributed by atoms with Crippen LogP contribution < -0.4 is 5.32 Å². The van der Waals surface area contributed by atoms with Crippen LogP contribution in [0, 0.1) is 0 Å². The molecule has 0 aromatic carbocycles. The fraction of sp³-hybridized carbons (Fsp3) is 0.700. The van der Waals surface area contributed by atoms with Gasteiger partial charge in [-0.05, 0) is 6.54 Å². The Kier molecular flexibility index (Phi) is 5.87. The number of hydrogen-bond acceptors (Lipinski definition) is 4. The maximum atomic E-state index is 11.9. The van der Waals surface area contributed by atoms with Gasteiger partial charge in [0, 0.05) is 24.0 Å². The zero-order valence-electron chi connectivity index (χ0n) is 9.46. The molecular formula is C10H15F3N2OS. The molecule has 0 saturated carbocycles. The Bertz CT molecular complexity index is 303. The van der Waals surface area contributed by atoms with Crippen LogP contribution in [0.25, 0.3) is 0 Å². The summed E-state index contributed by atoms with van der Waals surface area (Å²) in [6, 6.07) is -0.131. The molecule has 0 aliphatic rings. The lowest BCUT2D eigenvalue weighted by Gasteiger charge is -2.17. The third kappa shape index (κ3) is 6.60. The summed E-state index contributed by atoms with van der Waals surface area (Å²) in [7, 11) is 0. The molecule has 0 amide bonds. The van der Waals surface area contributed by atoms with Crippen LogP contribution in [0.5, 0.6) is 0 Å². The van der Waals surface area contributed by atoms with Gasteiger partial charge in [-0.2, -0.15) is 13.2 Å². The number of nitrogens with one attached hydrogen (secondary N) is 1. The second kappa shape index (κ2) is 6.93. The molecule has 0 fully saturated rings. The number of aromatic nitrogens is 1. The summed E-state index contributed by atoms with van der Waals surface area (Å²) in [4.78, 5) is 4.10. The fourth-order valence-corrected chi connectivity index (χ4v) is 2.06. The van der Waals surface area contributed by atoms with Gasteiger partial charge in [0.25, 0.3) is 0 Å². The van der Waals surface area contributed by atoms with Crippen molar-refractivity contribution < 1.29 is 17.9 Å². The average Bonchev–Trinajstić information content (AvgIpc) is 2.68. The Morgan fingerprint density at radius 3 is 2.82 bits per heavy atom. The summed E-state index contributed by atoms with van der Waals surface area (Å²) in [5, 5.41) is 5.82. The lowest BCUT2D eigenvalue weighted by molar-refractivity contribution is -0.175. The molecule has 1 aromatic rings. The van der Waals surface area contributed by atoms with Crippen LogP contribution in [0.3, 0.4) is 0 Å². The predicted octanol–water partition coefficient (Wildman–Crippen LogP) is 2.24. The molecule has 1 N–H and O–H groups in total. The Morgan fingerprint density at radius 1 is 1.53 bits per heavy atom. The minimum Gasteiger partial charge on any atom is -0.370 e. The quantitative estimate of drug-likeness (QED) is 0.823. The number of alkyl halides is 3. The Hall–Kier alpha value is -0.660. The summed E-state index contributed by atoms with van der Waals surface area (Å²) in [5.41, 5.74) is 0. The topological polar surface area (TPSA) is 34.1 Å². The van der Waals surface area contributed by atoms with Crippen LogP contribution >= 0.6 is 11.3 Å². The summed E-state index contributed by atoms with van der Waals surface area (Å²) in [5.74, 6) is 0. The van der Waals surface area contributed by atoms with Crippen LogP contribution in [0.4, 0.5) is 13.2 Å². The molecule has 1 atom stereocenters. The zero-order chi connectivity index (χ0) is 12.7. The summed E-state index contributed by atoms with van der Waals surface area (Å²) < 4.78 is 40.4. The van der Waals surface area contributed by atoms with Crippen LogP contribution in [0.15, 0.2) is 11.6 Å². The molecule has 1 aromatic heterocycles. The van der Waals surface area contributed by atoms with Crippen molar-refractivity contribution in [1.29, 1.82) is 0 Å². The third-order valence-electron chi connectivity index (χ3n) is 1.98. The van der Waals surface area contributed by atoms with E-state index in [0.717, 1.165) is 5.01 Å². The minimum absolute atomic E-state index is 0.0347. The molecule has 0 bridgehead atoms. The van der Waals surface area contributed by atoms with E-state index in [2.05, 4.69) is 15.0 Å². The van der Waals surface area contributed by atoms with E-state index in [-0.39, 0.29) is 12.6 Å². The number of likely N-dealkylation sites (N-methyl/N-ethyl adjacent to an activating group) is 1.